The molecule has 16 rings (SSSR count). The van der Waals surface area contributed by atoms with Crippen molar-refractivity contribution in [3.05, 3.63) is 290 Å². The Bertz CT molecular complexity index is 4570. The number of rotatable bonds is 7. The average molecular weight is 951 g/mol. The number of hydrogen-bond acceptors (Lipinski definition) is 1. The third-order valence-electron chi connectivity index (χ3n) is 16.4. The molecule has 0 aliphatic heterocycles. The lowest BCUT2D eigenvalue weighted by Crippen LogP contribution is -2.09. The first-order valence-electron chi connectivity index (χ1n) is 26.1. The van der Waals surface area contributed by atoms with Gasteiger partial charge in [-0.05, 0) is 160 Å². The Morgan fingerprint density at radius 1 is 0.253 bits per heavy atom. The molecular weight excluding hydrogens is 905 g/mol. The molecule has 348 valence electrons. The Morgan fingerprint density at radius 2 is 0.600 bits per heavy atom. The molecule has 75 heavy (non-hydrogen) atoms. The number of hydrogen-bond donors (Lipinski definition) is 0. The van der Waals surface area contributed by atoms with E-state index >= 15 is 0 Å². The highest BCUT2D eigenvalue weighted by Gasteiger charge is 2.29. The maximum absolute atomic E-state index is 2.45. The van der Waals surface area contributed by atoms with Crippen molar-refractivity contribution in [1.29, 1.82) is 0 Å². The Labute approximate surface area is 434 Å². The van der Waals surface area contributed by atoms with Crippen molar-refractivity contribution in [1.82, 2.24) is 4.40 Å². The molecular formula is C73H46N2. The summed E-state index contributed by atoms with van der Waals surface area (Å²) < 4.78 is 2.45. The molecule has 0 unspecified atom stereocenters. The summed E-state index contributed by atoms with van der Waals surface area (Å²) in [5.74, 6) is 0.228. The van der Waals surface area contributed by atoms with Crippen molar-refractivity contribution in [2.45, 2.75) is 5.92 Å². The van der Waals surface area contributed by atoms with Crippen molar-refractivity contribution in [2.24, 2.45) is 0 Å². The molecule has 0 spiro atoms. The van der Waals surface area contributed by atoms with Gasteiger partial charge in [-0.1, -0.05) is 206 Å². The third kappa shape index (κ3) is 6.40. The van der Waals surface area contributed by atoms with E-state index in [1.165, 1.54) is 132 Å². The van der Waals surface area contributed by atoms with Gasteiger partial charge in [0.25, 0.3) is 0 Å². The number of benzene rings is 13. The second-order valence-corrected chi connectivity index (χ2v) is 20.3. The molecule has 0 N–H and O–H groups in total. The van der Waals surface area contributed by atoms with Gasteiger partial charge in [0, 0.05) is 44.5 Å². The minimum atomic E-state index is 0.228. The molecule has 1 aliphatic rings. The molecule has 0 saturated heterocycles. The first kappa shape index (κ1) is 41.8. The van der Waals surface area contributed by atoms with Gasteiger partial charge in [0.2, 0.25) is 0 Å². The molecule has 2 nitrogen and oxygen atoms in total. The lowest BCUT2D eigenvalue weighted by Gasteiger charge is -2.26. The second kappa shape index (κ2) is 16.4. The van der Waals surface area contributed by atoms with E-state index < -0.39 is 0 Å². The van der Waals surface area contributed by atoms with Crippen LogP contribution in [0.3, 0.4) is 0 Å². The molecule has 2 heteroatoms. The van der Waals surface area contributed by atoms with E-state index in [-0.39, 0.29) is 5.92 Å². The first-order valence-corrected chi connectivity index (χ1v) is 26.1. The van der Waals surface area contributed by atoms with Crippen LogP contribution in [0.5, 0.6) is 0 Å². The van der Waals surface area contributed by atoms with Crippen molar-refractivity contribution in [3.63, 3.8) is 0 Å². The number of fused-ring (bicyclic) bond motifs is 15. The first-order chi connectivity index (χ1) is 37.2. The minimum Gasteiger partial charge on any atom is -0.311 e. The fourth-order valence-electron chi connectivity index (χ4n) is 12.9. The molecule has 0 amide bonds. The van der Waals surface area contributed by atoms with Crippen molar-refractivity contribution in [2.75, 3.05) is 4.90 Å². The second-order valence-electron chi connectivity index (χ2n) is 20.3. The summed E-state index contributed by atoms with van der Waals surface area (Å²) in [4.78, 5) is 2.39. The quantitative estimate of drug-likeness (QED) is 0.145. The van der Waals surface area contributed by atoms with Gasteiger partial charge in [0.05, 0.1) is 16.6 Å². The topological polar surface area (TPSA) is 7.65 Å². The van der Waals surface area contributed by atoms with Crippen LogP contribution in [0.15, 0.2) is 273 Å². The smallest absolute Gasteiger partial charge is 0.0620 e. The third-order valence-corrected chi connectivity index (χ3v) is 16.4. The number of aromatic nitrogens is 1. The van der Waals surface area contributed by atoms with E-state index in [9.17, 15) is 0 Å². The van der Waals surface area contributed by atoms with E-state index in [4.69, 9.17) is 0 Å². The molecule has 0 bridgehead atoms. The van der Waals surface area contributed by atoms with Gasteiger partial charge in [-0.15, -0.1) is 0 Å². The molecule has 15 aromatic rings. The van der Waals surface area contributed by atoms with Crippen LogP contribution in [0.25, 0.3) is 115 Å². The van der Waals surface area contributed by atoms with Gasteiger partial charge in [0.1, 0.15) is 0 Å². The zero-order chi connectivity index (χ0) is 49.1. The predicted octanol–water partition coefficient (Wildman–Crippen LogP) is 19.9. The summed E-state index contributed by atoms with van der Waals surface area (Å²) in [6, 6.07) is 101. The van der Waals surface area contributed by atoms with Crippen LogP contribution in [-0.4, -0.2) is 4.40 Å². The van der Waals surface area contributed by atoms with E-state index in [0.717, 1.165) is 17.1 Å². The maximum atomic E-state index is 2.45. The van der Waals surface area contributed by atoms with Gasteiger partial charge in [0.15, 0.2) is 0 Å². The Morgan fingerprint density at radius 3 is 1.09 bits per heavy atom. The molecule has 2 heterocycles. The summed E-state index contributed by atoms with van der Waals surface area (Å²) >= 11 is 0. The van der Waals surface area contributed by atoms with Crippen LogP contribution in [0.1, 0.15) is 22.6 Å². The minimum absolute atomic E-state index is 0.228. The Balaban J connectivity index is 0.778. The lowest BCUT2D eigenvalue weighted by molar-refractivity contribution is 1.02. The summed E-state index contributed by atoms with van der Waals surface area (Å²) in [5.41, 5.74) is 21.0. The standard InChI is InChI=1S/C73H46N2/c1-2-15-58-56(13-1)57-14-3-4-18-61(57)67-43-51(35-42-62(58)67)48-31-38-54(39-32-48)74(53-36-29-47(30-37-53)46-25-27-50(28-26-46)72-65-21-7-5-16-59(65)60-17-6-8-22-66(60)72)55-40-33-49(34-41-55)52-44-68-63-19-9-11-23-70(63)75-71-24-12-10-20-64(71)69(45-52)73(68)75/h1-45,72H. The fraction of sp³-hybridized carbons (Fsp3) is 0.0137. The van der Waals surface area contributed by atoms with Crippen LogP contribution >= 0.6 is 0 Å². The maximum Gasteiger partial charge on any atom is 0.0620 e. The molecule has 0 fully saturated rings. The molecule has 0 atom stereocenters. The largest absolute Gasteiger partial charge is 0.311 e. The zero-order valence-electron chi connectivity index (χ0n) is 41.0. The molecule has 13 aromatic carbocycles. The van der Waals surface area contributed by atoms with Gasteiger partial charge in [-0.25, -0.2) is 0 Å². The summed E-state index contributed by atoms with van der Waals surface area (Å²) in [6.45, 7) is 0. The average Bonchev–Trinajstić information content (AvgIpc) is 4.22. The van der Waals surface area contributed by atoms with Crippen molar-refractivity contribution >= 4 is 87.5 Å². The SMILES string of the molecule is c1ccc2c(c1)-c1ccccc1C2c1ccc(-c2ccc(N(c3ccc(-c4ccc5c6ccccc6c6ccccc6c5c4)cc3)c3ccc(-c4cc5c6ccccc6n6c7ccccc7c(c4)c56)cc3)cc2)cc1. The highest BCUT2D eigenvalue weighted by Crippen LogP contribution is 2.49. The van der Waals surface area contributed by atoms with Crippen LogP contribution in [0, 0.1) is 0 Å². The summed E-state index contributed by atoms with van der Waals surface area (Å²) in [5, 5.41) is 12.9. The molecule has 0 radical (unpaired) electrons. The summed E-state index contributed by atoms with van der Waals surface area (Å²) in [7, 11) is 0. The van der Waals surface area contributed by atoms with E-state index in [0.29, 0.717) is 0 Å². The van der Waals surface area contributed by atoms with Gasteiger partial charge in [-0.3, -0.25) is 0 Å². The van der Waals surface area contributed by atoms with E-state index in [1.54, 1.807) is 0 Å². The van der Waals surface area contributed by atoms with Crippen LogP contribution in [0.4, 0.5) is 17.1 Å². The molecule has 1 aliphatic carbocycles. The van der Waals surface area contributed by atoms with Gasteiger partial charge >= 0.3 is 0 Å². The predicted molar refractivity (Wildman–Crippen MR) is 317 cm³/mol. The lowest BCUT2D eigenvalue weighted by atomic mass is 9.88. The number of nitrogens with zero attached hydrogens (tertiary/aromatic N) is 2. The monoisotopic (exact) mass is 950 g/mol. The van der Waals surface area contributed by atoms with Crippen LogP contribution in [0.2, 0.25) is 0 Å². The number of anilines is 3. The highest BCUT2D eigenvalue weighted by atomic mass is 15.1. The number of para-hydroxylation sites is 2. The summed E-state index contributed by atoms with van der Waals surface area (Å²) in [6.07, 6.45) is 0. The zero-order valence-corrected chi connectivity index (χ0v) is 41.0. The molecule has 2 aromatic heterocycles. The highest BCUT2D eigenvalue weighted by molar-refractivity contribution is 6.26. The van der Waals surface area contributed by atoms with Crippen LogP contribution < -0.4 is 4.90 Å². The van der Waals surface area contributed by atoms with Crippen molar-refractivity contribution in [3.8, 4) is 44.5 Å². The van der Waals surface area contributed by atoms with E-state index in [2.05, 4.69) is 282 Å². The van der Waals surface area contributed by atoms with Crippen molar-refractivity contribution < 1.29 is 0 Å². The molecule has 0 saturated carbocycles. The van der Waals surface area contributed by atoms with E-state index in [1.807, 2.05) is 0 Å². The van der Waals surface area contributed by atoms with Gasteiger partial charge in [-0.2, -0.15) is 0 Å². The Kier molecular flexibility index (Phi) is 9.13. The normalized spacial score (nSPS) is 12.5. The van der Waals surface area contributed by atoms with Crippen LogP contribution in [-0.2, 0) is 0 Å². The van der Waals surface area contributed by atoms with Gasteiger partial charge < -0.3 is 9.30 Å². The fourth-order valence-corrected chi connectivity index (χ4v) is 12.9. The Hall–Kier alpha value is -9.76.